The standard InChI is InChI=1S/C25H25ClFNO4/c1-15(2)17-3-4-23(21(26)11-17)31-13-16-5-7-28(8-6-16)25(30)20-10-18-9-19(29)14-32-24(18)12-22(20)27/h3-4,10-12,16H,1,5-9,13-14H2,2H3. The summed E-state index contributed by atoms with van der Waals surface area (Å²) in [5.74, 6) is 0.170. The first-order valence-corrected chi connectivity index (χ1v) is 11.0. The average molecular weight is 458 g/mol. The minimum Gasteiger partial charge on any atom is -0.492 e. The summed E-state index contributed by atoms with van der Waals surface area (Å²) in [6.07, 6.45) is 1.66. The van der Waals surface area contributed by atoms with Crippen molar-refractivity contribution in [3.8, 4) is 11.5 Å². The first-order valence-electron chi connectivity index (χ1n) is 10.7. The van der Waals surface area contributed by atoms with E-state index in [0.29, 0.717) is 41.8 Å². The second kappa shape index (κ2) is 9.33. The Balaban J connectivity index is 1.34. The second-order valence-electron chi connectivity index (χ2n) is 8.42. The highest BCUT2D eigenvalue weighted by atomic mass is 35.5. The molecule has 1 fully saturated rings. The van der Waals surface area contributed by atoms with Gasteiger partial charge in [0.05, 0.1) is 17.2 Å². The maximum absolute atomic E-state index is 14.5. The van der Waals surface area contributed by atoms with E-state index in [2.05, 4.69) is 6.58 Å². The molecule has 2 aromatic rings. The Morgan fingerprint density at radius 2 is 2.03 bits per heavy atom. The number of Topliss-reactive ketones (excluding diaryl/α,β-unsaturated/α-hetero) is 1. The van der Waals surface area contributed by atoms with E-state index < -0.39 is 5.82 Å². The number of ether oxygens (including phenoxy) is 2. The topological polar surface area (TPSA) is 55.8 Å². The maximum Gasteiger partial charge on any atom is 0.256 e. The molecule has 4 rings (SSSR count). The number of likely N-dealkylation sites (tertiary alicyclic amines) is 1. The molecule has 0 aromatic heterocycles. The van der Waals surface area contributed by atoms with E-state index in [1.807, 2.05) is 25.1 Å². The van der Waals surface area contributed by atoms with Crippen LogP contribution < -0.4 is 9.47 Å². The van der Waals surface area contributed by atoms with Gasteiger partial charge < -0.3 is 14.4 Å². The largest absolute Gasteiger partial charge is 0.492 e. The van der Waals surface area contributed by atoms with Crippen molar-refractivity contribution < 1.29 is 23.5 Å². The minimum absolute atomic E-state index is 0.0128. The van der Waals surface area contributed by atoms with Crippen LogP contribution in [0.1, 0.15) is 41.3 Å². The Hall–Kier alpha value is -2.86. The van der Waals surface area contributed by atoms with E-state index >= 15 is 0 Å². The van der Waals surface area contributed by atoms with Gasteiger partial charge in [0.1, 0.15) is 23.9 Å². The number of benzene rings is 2. The average Bonchev–Trinajstić information content (AvgIpc) is 2.78. The van der Waals surface area contributed by atoms with Crippen LogP contribution in [-0.4, -0.2) is 42.9 Å². The monoisotopic (exact) mass is 457 g/mol. The number of rotatable bonds is 5. The number of piperidine rings is 1. The second-order valence-corrected chi connectivity index (χ2v) is 8.82. The van der Waals surface area contributed by atoms with Gasteiger partial charge in [0.2, 0.25) is 0 Å². The number of hydrogen-bond acceptors (Lipinski definition) is 4. The van der Waals surface area contributed by atoms with E-state index in [9.17, 15) is 14.0 Å². The number of carbonyl (C=O) groups excluding carboxylic acids is 2. The molecule has 0 N–H and O–H groups in total. The van der Waals surface area contributed by atoms with Gasteiger partial charge in [0.15, 0.2) is 5.78 Å². The van der Waals surface area contributed by atoms with Gasteiger partial charge >= 0.3 is 0 Å². The van der Waals surface area contributed by atoms with Crippen LogP contribution in [0.3, 0.4) is 0 Å². The third kappa shape index (κ3) is 4.80. The van der Waals surface area contributed by atoms with Gasteiger partial charge in [0.25, 0.3) is 5.91 Å². The lowest BCUT2D eigenvalue weighted by molar-refractivity contribution is -0.121. The van der Waals surface area contributed by atoms with Crippen LogP contribution >= 0.6 is 11.6 Å². The normalized spacial score (nSPS) is 16.3. The molecule has 0 radical (unpaired) electrons. The number of allylic oxidation sites excluding steroid dienone is 1. The molecular weight excluding hydrogens is 433 g/mol. The molecule has 0 bridgehead atoms. The molecule has 32 heavy (non-hydrogen) atoms. The van der Waals surface area contributed by atoms with Gasteiger partial charge in [-0.05, 0) is 49.4 Å². The first kappa shape index (κ1) is 22.3. The van der Waals surface area contributed by atoms with E-state index in [1.165, 1.54) is 12.1 Å². The SMILES string of the molecule is C=C(C)c1ccc(OCC2CCN(C(=O)c3cc4c(cc3F)OCC(=O)C4)CC2)c(Cl)c1. The highest BCUT2D eigenvalue weighted by molar-refractivity contribution is 6.32. The molecule has 5 nitrogen and oxygen atoms in total. The quantitative estimate of drug-likeness (QED) is 0.637. The Kier molecular flexibility index (Phi) is 6.51. The Morgan fingerprint density at radius 3 is 2.72 bits per heavy atom. The molecule has 2 aliphatic heterocycles. The molecule has 2 aliphatic rings. The van der Waals surface area contributed by atoms with Crippen LogP contribution in [0.5, 0.6) is 11.5 Å². The van der Waals surface area contributed by atoms with E-state index in [4.69, 9.17) is 21.1 Å². The van der Waals surface area contributed by atoms with Gasteiger partial charge in [-0.1, -0.05) is 29.8 Å². The first-order chi connectivity index (χ1) is 15.3. The van der Waals surface area contributed by atoms with Crippen molar-refractivity contribution >= 4 is 28.9 Å². The van der Waals surface area contributed by atoms with Crippen molar-refractivity contribution in [2.75, 3.05) is 26.3 Å². The van der Waals surface area contributed by atoms with E-state index in [1.54, 1.807) is 4.90 Å². The molecule has 1 saturated heterocycles. The molecule has 0 atom stereocenters. The van der Waals surface area contributed by atoms with Crippen LogP contribution in [0.25, 0.3) is 5.57 Å². The Bertz CT molecular complexity index is 1080. The molecule has 1 amide bonds. The molecule has 2 aromatic carbocycles. The van der Waals surface area contributed by atoms with Crippen molar-refractivity contribution in [3.63, 3.8) is 0 Å². The third-order valence-electron chi connectivity index (χ3n) is 5.96. The van der Waals surface area contributed by atoms with Gasteiger partial charge in [-0.15, -0.1) is 0 Å². The molecule has 7 heteroatoms. The van der Waals surface area contributed by atoms with Crippen molar-refractivity contribution in [2.24, 2.45) is 5.92 Å². The van der Waals surface area contributed by atoms with Crippen molar-refractivity contribution in [1.29, 1.82) is 0 Å². The zero-order valence-electron chi connectivity index (χ0n) is 18.0. The molecule has 0 spiro atoms. The van der Waals surface area contributed by atoms with Gasteiger partial charge in [-0.25, -0.2) is 4.39 Å². The number of ketones is 1. The Morgan fingerprint density at radius 1 is 1.28 bits per heavy atom. The number of halogens is 2. The molecule has 0 unspecified atom stereocenters. The van der Waals surface area contributed by atoms with Gasteiger partial charge in [0, 0.05) is 31.1 Å². The van der Waals surface area contributed by atoms with Gasteiger partial charge in [-0.2, -0.15) is 0 Å². The number of nitrogens with zero attached hydrogens (tertiary/aromatic N) is 1. The highest BCUT2D eigenvalue weighted by Gasteiger charge is 2.28. The summed E-state index contributed by atoms with van der Waals surface area (Å²) in [5.41, 5.74) is 2.45. The predicted octanol–water partition coefficient (Wildman–Crippen LogP) is 4.95. The summed E-state index contributed by atoms with van der Waals surface area (Å²) >= 11 is 6.31. The zero-order chi connectivity index (χ0) is 22.8. The molecule has 0 saturated carbocycles. The fraction of sp³-hybridized carbons (Fsp3) is 0.360. The predicted molar refractivity (Wildman–Crippen MR) is 121 cm³/mol. The number of amides is 1. The summed E-state index contributed by atoms with van der Waals surface area (Å²) in [4.78, 5) is 26.2. The molecule has 168 valence electrons. The Labute approximate surface area is 191 Å². The van der Waals surface area contributed by atoms with Crippen LogP contribution in [0.2, 0.25) is 5.02 Å². The lowest BCUT2D eigenvalue weighted by Gasteiger charge is -2.32. The van der Waals surface area contributed by atoms with E-state index in [0.717, 1.165) is 24.0 Å². The summed E-state index contributed by atoms with van der Waals surface area (Å²) in [5, 5.41) is 0.545. The number of hydrogen-bond donors (Lipinski definition) is 0. The lowest BCUT2D eigenvalue weighted by Crippen LogP contribution is -2.40. The fourth-order valence-electron chi connectivity index (χ4n) is 4.02. The van der Waals surface area contributed by atoms with Crippen molar-refractivity contribution in [2.45, 2.75) is 26.2 Å². The molecular formula is C25H25ClFNO4. The van der Waals surface area contributed by atoms with Crippen LogP contribution in [0.15, 0.2) is 36.9 Å². The summed E-state index contributed by atoms with van der Waals surface area (Å²) < 4.78 is 25.7. The summed E-state index contributed by atoms with van der Waals surface area (Å²) in [7, 11) is 0. The minimum atomic E-state index is -0.624. The molecule has 2 heterocycles. The maximum atomic E-state index is 14.5. The number of carbonyl (C=O) groups is 2. The third-order valence-corrected chi connectivity index (χ3v) is 6.25. The molecule has 0 aliphatic carbocycles. The zero-order valence-corrected chi connectivity index (χ0v) is 18.7. The highest BCUT2D eigenvalue weighted by Crippen LogP contribution is 2.30. The van der Waals surface area contributed by atoms with Gasteiger partial charge in [-0.3, -0.25) is 9.59 Å². The number of fused-ring (bicyclic) bond motifs is 1. The van der Waals surface area contributed by atoms with Crippen LogP contribution in [0, 0.1) is 11.7 Å². The fourth-order valence-corrected chi connectivity index (χ4v) is 4.26. The van der Waals surface area contributed by atoms with Crippen LogP contribution in [-0.2, 0) is 11.2 Å². The lowest BCUT2D eigenvalue weighted by atomic mass is 9.96. The van der Waals surface area contributed by atoms with Crippen molar-refractivity contribution in [1.82, 2.24) is 4.90 Å². The summed E-state index contributed by atoms with van der Waals surface area (Å²) in [6.45, 7) is 7.31. The van der Waals surface area contributed by atoms with Crippen molar-refractivity contribution in [3.05, 3.63) is 64.4 Å². The summed E-state index contributed by atoms with van der Waals surface area (Å²) in [6, 6.07) is 8.27. The van der Waals surface area contributed by atoms with Crippen LogP contribution in [0.4, 0.5) is 4.39 Å². The smallest absolute Gasteiger partial charge is 0.256 e. The van der Waals surface area contributed by atoms with E-state index in [-0.39, 0.29) is 36.2 Å².